The molecule has 132 valence electrons. The topological polar surface area (TPSA) is 49.4 Å². The monoisotopic (exact) mass is 330 g/mol. The second-order valence-corrected chi connectivity index (χ2v) is 6.98. The number of benzene rings is 1. The lowest BCUT2D eigenvalue weighted by atomic mass is 10.0. The minimum absolute atomic E-state index is 0.0948. The number of rotatable bonds is 5. The molecule has 0 spiro atoms. The van der Waals surface area contributed by atoms with Crippen molar-refractivity contribution in [2.45, 2.75) is 52.0 Å². The van der Waals surface area contributed by atoms with Crippen molar-refractivity contribution in [1.29, 1.82) is 0 Å². The SMILES string of the molecule is CC(C)C(=O)c1ccccc1.O=C(CNC1CC1)N1CCCCC1. The van der Waals surface area contributed by atoms with E-state index in [0.717, 1.165) is 18.7 Å². The molecule has 1 saturated heterocycles. The normalized spacial score (nSPS) is 17.2. The molecular formula is C20H30N2O2. The van der Waals surface area contributed by atoms with Gasteiger partial charge in [0.1, 0.15) is 0 Å². The minimum atomic E-state index is 0.0948. The number of hydrogen-bond acceptors (Lipinski definition) is 3. The van der Waals surface area contributed by atoms with Crippen LogP contribution in [-0.4, -0.2) is 42.3 Å². The van der Waals surface area contributed by atoms with Gasteiger partial charge >= 0.3 is 0 Å². The molecule has 4 heteroatoms. The summed E-state index contributed by atoms with van der Waals surface area (Å²) in [5.74, 6) is 0.606. The molecule has 0 radical (unpaired) electrons. The number of Topliss-reactive ketones (excluding diaryl/α,β-unsaturated/α-hetero) is 1. The summed E-state index contributed by atoms with van der Waals surface area (Å²) in [5, 5.41) is 3.26. The fourth-order valence-electron chi connectivity index (χ4n) is 2.71. The van der Waals surface area contributed by atoms with Gasteiger partial charge in [0.25, 0.3) is 0 Å². The molecule has 2 fully saturated rings. The van der Waals surface area contributed by atoms with E-state index in [-0.39, 0.29) is 11.7 Å². The third kappa shape index (κ3) is 6.44. The molecule has 3 rings (SSSR count). The second-order valence-electron chi connectivity index (χ2n) is 6.98. The van der Waals surface area contributed by atoms with E-state index < -0.39 is 0 Å². The van der Waals surface area contributed by atoms with Gasteiger partial charge in [-0.2, -0.15) is 0 Å². The number of nitrogens with zero attached hydrogens (tertiary/aromatic N) is 1. The number of piperidine rings is 1. The van der Waals surface area contributed by atoms with E-state index in [2.05, 4.69) is 5.32 Å². The van der Waals surface area contributed by atoms with E-state index in [9.17, 15) is 9.59 Å². The molecular weight excluding hydrogens is 300 g/mol. The first-order valence-corrected chi connectivity index (χ1v) is 9.18. The van der Waals surface area contributed by atoms with Gasteiger partial charge in [-0.3, -0.25) is 9.59 Å². The Morgan fingerprint density at radius 1 is 1.08 bits per heavy atom. The van der Waals surface area contributed by atoms with Gasteiger partial charge in [0.05, 0.1) is 6.54 Å². The Morgan fingerprint density at radius 2 is 1.71 bits per heavy atom. The number of ketones is 1. The van der Waals surface area contributed by atoms with Crippen molar-refractivity contribution in [1.82, 2.24) is 10.2 Å². The van der Waals surface area contributed by atoms with Crippen molar-refractivity contribution < 1.29 is 9.59 Å². The molecule has 24 heavy (non-hydrogen) atoms. The fraction of sp³-hybridized carbons (Fsp3) is 0.600. The van der Waals surface area contributed by atoms with E-state index >= 15 is 0 Å². The van der Waals surface area contributed by atoms with Gasteiger partial charge in [0, 0.05) is 30.6 Å². The van der Waals surface area contributed by atoms with Crippen LogP contribution in [0.5, 0.6) is 0 Å². The predicted molar refractivity (Wildman–Crippen MR) is 97.1 cm³/mol. The van der Waals surface area contributed by atoms with E-state index in [4.69, 9.17) is 0 Å². The Bertz CT molecular complexity index is 518. The zero-order valence-corrected chi connectivity index (χ0v) is 15.0. The van der Waals surface area contributed by atoms with Crippen LogP contribution in [0.3, 0.4) is 0 Å². The van der Waals surface area contributed by atoms with Crippen molar-refractivity contribution in [3.8, 4) is 0 Å². The zero-order chi connectivity index (χ0) is 17.4. The molecule has 4 nitrogen and oxygen atoms in total. The van der Waals surface area contributed by atoms with Gasteiger partial charge in [0.15, 0.2) is 5.78 Å². The number of nitrogens with one attached hydrogen (secondary N) is 1. The van der Waals surface area contributed by atoms with E-state index in [1.54, 1.807) is 0 Å². The smallest absolute Gasteiger partial charge is 0.236 e. The molecule has 0 unspecified atom stereocenters. The lowest BCUT2D eigenvalue weighted by Crippen LogP contribution is -2.41. The molecule has 1 amide bonds. The van der Waals surface area contributed by atoms with E-state index in [0.29, 0.717) is 18.5 Å². The molecule has 1 aromatic carbocycles. The van der Waals surface area contributed by atoms with Crippen LogP contribution in [0.15, 0.2) is 30.3 Å². The van der Waals surface area contributed by atoms with Gasteiger partial charge in [-0.15, -0.1) is 0 Å². The average Bonchev–Trinajstić information content (AvgIpc) is 3.45. The molecule has 1 saturated carbocycles. The average molecular weight is 330 g/mol. The summed E-state index contributed by atoms with van der Waals surface area (Å²) in [6.45, 7) is 6.34. The van der Waals surface area contributed by atoms with E-state index in [1.807, 2.05) is 49.1 Å². The highest BCUT2D eigenvalue weighted by molar-refractivity contribution is 5.97. The largest absolute Gasteiger partial charge is 0.342 e. The van der Waals surface area contributed by atoms with Crippen molar-refractivity contribution >= 4 is 11.7 Å². The van der Waals surface area contributed by atoms with Crippen molar-refractivity contribution in [3.63, 3.8) is 0 Å². The van der Waals surface area contributed by atoms with Crippen LogP contribution in [-0.2, 0) is 4.79 Å². The number of hydrogen-bond donors (Lipinski definition) is 1. The Kier molecular flexibility index (Phi) is 7.44. The van der Waals surface area contributed by atoms with Crippen molar-refractivity contribution in [2.24, 2.45) is 5.92 Å². The fourth-order valence-corrected chi connectivity index (χ4v) is 2.71. The van der Waals surface area contributed by atoms with Crippen LogP contribution in [0.25, 0.3) is 0 Å². The molecule has 0 bridgehead atoms. The van der Waals surface area contributed by atoms with Crippen LogP contribution < -0.4 is 5.32 Å². The Balaban J connectivity index is 0.000000177. The Hall–Kier alpha value is -1.68. The van der Waals surface area contributed by atoms with Crippen LogP contribution in [0, 0.1) is 5.92 Å². The third-order valence-electron chi connectivity index (χ3n) is 4.41. The maximum Gasteiger partial charge on any atom is 0.236 e. The first-order valence-electron chi connectivity index (χ1n) is 9.18. The molecule has 1 aliphatic carbocycles. The first-order chi connectivity index (χ1) is 11.6. The summed E-state index contributed by atoms with van der Waals surface area (Å²) in [4.78, 5) is 24.9. The van der Waals surface area contributed by atoms with Crippen LogP contribution in [0.1, 0.15) is 56.3 Å². The highest BCUT2D eigenvalue weighted by Crippen LogP contribution is 2.18. The molecule has 1 heterocycles. The highest BCUT2D eigenvalue weighted by atomic mass is 16.2. The zero-order valence-electron chi connectivity index (χ0n) is 15.0. The molecule has 2 aliphatic rings. The standard InChI is InChI=1S/C10H18N2O.C10H12O/c13-10(8-11-9-4-5-9)12-6-2-1-3-7-12;1-8(2)10(11)9-6-4-3-5-7-9/h9,11H,1-8H2;3-8H,1-2H3. The summed E-state index contributed by atoms with van der Waals surface area (Å²) in [5.41, 5.74) is 0.808. The minimum Gasteiger partial charge on any atom is -0.342 e. The summed E-state index contributed by atoms with van der Waals surface area (Å²) in [7, 11) is 0. The lowest BCUT2D eigenvalue weighted by Gasteiger charge is -2.26. The van der Waals surface area contributed by atoms with Crippen molar-refractivity contribution in [3.05, 3.63) is 35.9 Å². The number of carbonyl (C=O) groups is 2. The van der Waals surface area contributed by atoms with Gasteiger partial charge in [-0.25, -0.2) is 0 Å². The Labute approximate surface area is 145 Å². The summed E-state index contributed by atoms with van der Waals surface area (Å²) in [6, 6.07) is 10.0. The van der Waals surface area contributed by atoms with Gasteiger partial charge < -0.3 is 10.2 Å². The number of amides is 1. The third-order valence-corrected chi connectivity index (χ3v) is 4.41. The summed E-state index contributed by atoms with van der Waals surface area (Å²) in [6.07, 6.45) is 6.19. The molecule has 0 aromatic heterocycles. The predicted octanol–water partition coefficient (Wildman–Crippen LogP) is 3.28. The number of carbonyl (C=O) groups excluding carboxylic acids is 2. The first kappa shape index (κ1) is 18.7. The Morgan fingerprint density at radius 3 is 2.25 bits per heavy atom. The second kappa shape index (κ2) is 9.58. The number of likely N-dealkylation sites (tertiary alicyclic amines) is 1. The quantitative estimate of drug-likeness (QED) is 0.843. The van der Waals surface area contributed by atoms with Crippen LogP contribution >= 0.6 is 0 Å². The summed E-state index contributed by atoms with van der Waals surface area (Å²) < 4.78 is 0. The molecule has 1 N–H and O–H groups in total. The summed E-state index contributed by atoms with van der Waals surface area (Å²) >= 11 is 0. The van der Waals surface area contributed by atoms with Gasteiger partial charge in [-0.1, -0.05) is 44.2 Å². The lowest BCUT2D eigenvalue weighted by molar-refractivity contribution is -0.131. The van der Waals surface area contributed by atoms with Gasteiger partial charge in [0.2, 0.25) is 5.91 Å². The van der Waals surface area contributed by atoms with Crippen molar-refractivity contribution in [2.75, 3.05) is 19.6 Å². The molecule has 1 aliphatic heterocycles. The van der Waals surface area contributed by atoms with Crippen LogP contribution in [0.2, 0.25) is 0 Å². The maximum atomic E-state index is 11.6. The van der Waals surface area contributed by atoms with Crippen LogP contribution in [0.4, 0.5) is 0 Å². The van der Waals surface area contributed by atoms with Gasteiger partial charge in [-0.05, 0) is 32.1 Å². The molecule has 1 aromatic rings. The highest BCUT2D eigenvalue weighted by Gasteiger charge is 2.23. The van der Waals surface area contributed by atoms with E-state index in [1.165, 1.54) is 32.1 Å². The maximum absolute atomic E-state index is 11.6. The molecule has 0 atom stereocenters.